The minimum Gasteiger partial charge on any atom is -0.462 e. The van der Waals surface area contributed by atoms with Gasteiger partial charge in [-0.3, -0.25) is 9.59 Å². The summed E-state index contributed by atoms with van der Waals surface area (Å²) in [4.78, 5) is 24.5. The van der Waals surface area contributed by atoms with Crippen LogP contribution in [0.2, 0.25) is 0 Å². The monoisotopic (exact) mass is 388 g/mol. The zero-order chi connectivity index (χ0) is 20.2. The van der Waals surface area contributed by atoms with Gasteiger partial charge in [-0.2, -0.15) is 0 Å². The van der Waals surface area contributed by atoms with Crippen LogP contribution in [0.4, 0.5) is 0 Å². The Morgan fingerprint density at radius 1 is 1.00 bits per heavy atom. The first kappa shape index (κ1) is 20.8. The predicted octanol–water partition coefficient (Wildman–Crippen LogP) is 3.53. The van der Waals surface area contributed by atoms with Crippen molar-refractivity contribution in [2.24, 2.45) is 5.92 Å². The first-order chi connectivity index (χ1) is 12.6. The molecule has 2 aromatic carbocycles. The van der Waals surface area contributed by atoms with Crippen LogP contribution in [0, 0.1) is 19.8 Å². The van der Waals surface area contributed by atoms with Crippen molar-refractivity contribution in [3.8, 4) is 0 Å². The van der Waals surface area contributed by atoms with Crippen molar-refractivity contribution in [2.45, 2.75) is 38.7 Å². The van der Waals surface area contributed by atoms with Gasteiger partial charge in [0.1, 0.15) is 6.10 Å². The van der Waals surface area contributed by atoms with Crippen LogP contribution in [-0.2, 0) is 19.4 Å². The second-order valence-corrected chi connectivity index (χ2v) is 8.78. The smallest absolute Gasteiger partial charge is 0.302 e. The number of rotatable bonds is 7. The molecule has 2 aromatic rings. The van der Waals surface area contributed by atoms with Crippen LogP contribution in [0.3, 0.4) is 0 Å². The molecule has 0 bridgehead atoms. The van der Waals surface area contributed by atoms with E-state index in [1.807, 2.05) is 19.9 Å². The van der Waals surface area contributed by atoms with Gasteiger partial charge in [-0.1, -0.05) is 41.5 Å². The highest BCUT2D eigenvalue weighted by molar-refractivity contribution is 7.91. The Labute approximate surface area is 160 Å². The molecule has 0 saturated heterocycles. The van der Waals surface area contributed by atoms with Gasteiger partial charge < -0.3 is 4.74 Å². The lowest BCUT2D eigenvalue weighted by Gasteiger charge is -2.23. The number of hydrogen-bond acceptors (Lipinski definition) is 5. The number of ether oxygens (including phenoxy) is 1. The molecule has 6 heteroatoms. The summed E-state index contributed by atoms with van der Waals surface area (Å²) < 4.78 is 30.9. The maximum Gasteiger partial charge on any atom is 0.302 e. The molecule has 2 rings (SSSR count). The van der Waals surface area contributed by atoms with E-state index in [9.17, 15) is 18.0 Å². The summed E-state index contributed by atoms with van der Waals surface area (Å²) in [5.41, 5.74) is 2.23. The van der Waals surface area contributed by atoms with Gasteiger partial charge in [0.25, 0.3) is 0 Å². The normalized spacial score (nSPS) is 13.6. The van der Waals surface area contributed by atoms with Gasteiger partial charge in [0.15, 0.2) is 15.6 Å². The molecule has 0 aromatic heterocycles. The Balaban J connectivity index is 2.38. The minimum absolute atomic E-state index is 0.144. The second-order valence-electron chi connectivity index (χ2n) is 6.75. The maximum absolute atomic E-state index is 13.0. The molecule has 5 nitrogen and oxygen atoms in total. The summed E-state index contributed by atoms with van der Waals surface area (Å²) in [5, 5.41) is 0. The standard InChI is InChI=1S/C21H24O5S/c1-14-8-10-19(11-9-14)27(24,25)13-20(16(3)26-17(4)22)21(23)18-7-5-6-15(2)12-18/h5-12,16,20H,13H2,1-4H3/t16-,20+/m1/s1. The summed E-state index contributed by atoms with van der Waals surface area (Å²) in [6.07, 6.45) is -0.865. The molecule has 0 N–H and O–H groups in total. The molecule has 2 atom stereocenters. The molecule has 0 spiro atoms. The topological polar surface area (TPSA) is 77.5 Å². The third-order valence-corrected chi connectivity index (χ3v) is 6.13. The molecule has 0 amide bonds. The van der Waals surface area contributed by atoms with Crippen LogP contribution in [-0.4, -0.2) is 32.0 Å². The SMILES string of the molecule is CC(=O)O[C@H](C)[C@H](CS(=O)(=O)c1ccc(C)cc1)C(=O)c1cccc(C)c1. The van der Waals surface area contributed by atoms with E-state index in [1.165, 1.54) is 19.1 Å². The maximum atomic E-state index is 13.0. The summed E-state index contributed by atoms with van der Waals surface area (Å²) in [7, 11) is -3.73. The molecule has 0 unspecified atom stereocenters. The van der Waals surface area contributed by atoms with Gasteiger partial charge in [0, 0.05) is 12.5 Å². The lowest BCUT2D eigenvalue weighted by Crippen LogP contribution is -2.35. The van der Waals surface area contributed by atoms with Crippen LogP contribution in [0.15, 0.2) is 53.4 Å². The number of ketones is 1. The Kier molecular flexibility index (Phi) is 6.54. The van der Waals surface area contributed by atoms with Crippen LogP contribution in [0.1, 0.15) is 35.3 Å². The van der Waals surface area contributed by atoms with Crippen molar-refractivity contribution < 1.29 is 22.7 Å². The average molecular weight is 388 g/mol. The van der Waals surface area contributed by atoms with E-state index in [-0.39, 0.29) is 10.7 Å². The fraction of sp³-hybridized carbons (Fsp3) is 0.333. The quantitative estimate of drug-likeness (QED) is 0.536. The molecule has 0 aliphatic heterocycles. The average Bonchev–Trinajstić information content (AvgIpc) is 2.59. The molecule has 0 aliphatic rings. The number of carbonyl (C=O) groups is 2. The molecule has 0 heterocycles. The number of carbonyl (C=O) groups excluding carboxylic acids is 2. The molecule has 27 heavy (non-hydrogen) atoms. The van der Waals surface area contributed by atoms with Gasteiger partial charge in [0.05, 0.1) is 16.6 Å². The number of esters is 1. The van der Waals surface area contributed by atoms with Crippen molar-refractivity contribution in [1.29, 1.82) is 0 Å². The van der Waals surface area contributed by atoms with Gasteiger partial charge >= 0.3 is 5.97 Å². The van der Waals surface area contributed by atoms with Gasteiger partial charge in [0.2, 0.25) is 0 Å². The van der Waals surface area contributed by atoms with E-state index in [4.69, 9.17) is 4.74 Å². The summed E-state index contributed by atoms with van der Waals surface area (Å²) in [5.74, 6) is -2.35. The van der Waals surface area contributed by atoms with E-state index >= 15 is 0 Å². The van der Waals surface area contributed by atoms with E-state index in [2.05, 4.69) is 0 Å². The highest BCUT2D eigenvalue weighted by Crippen LogP contribution is 2.22. The predicted molar refractivity (Wildman–Crippen MR) is 103 cm³/mol. The Hall–Kier alpha value is -2.47. The summed E-state index contributed by atoms with van der Waals surface area (Å²) >= 11 is 0. The fourth-order valence-electron chi connectivity index (χ4n) is 2.86. The molecule has 0 saturated carbocycles. The fourth-order valence-corrected chi connectivity index (χ4v) is 4.50. The third-order valence-electron chi connectivity index (χ3n) is 4.34. The van der Waals surface area contributed by atoms with Crippen molar-refractivity contribution in [3.05, 3.63) is 65.2 Å². The zero-order valence-corrected chi connectivity index (χ0v) is 16.7. The molecule has 0 aliphatic carbocycles. The lowest BCUT2D eigenvalue weighted by molar-refractivity contribution is -0.146. The first-order valence-electron chi connectivity index (χ1n) is 8.67. The largest absolute Gasteiger partial charge is 0.462 e. The summed E-state index contributed by atoms with van der Waals surface area (Å²) in [6, 6.07) is 13.4. The van der Waals surface area contributed by atoms with Crippen molar-refractivity contribution in [3.63, 3.8) is 0 Å². The molecule has 0 fully saturated rings. The van der Waals surface area contributed by atoms with Crippen LogP contribution < -0.4 is 0 Å². The van der Waals surface area contributed by atoms with E-state index in [0.717, 1.165) is 11.1 Å². The number of sulfone groups is 1. The van der Waals surface area contributed by atoms with Crippen molar-refractivity contribution >= 4 is 21.6 Å². The van der Waals surface area contributed by atoms with Gasteiger partial charge in [-0.15, -0.1) is 0 Å². The highest BCUT2D eigenvalue weighted by atomic mass is 32.2. The second kappa shape index (κ2) is 8.48. The third kappa shape index (κ3) is 5.50. The Morgan fingerprint density at radius 2 is 1.63 bits per heavy atom. The first-order valence-corrected chi connectivity index (χ1v) is 10.3. The van der Waals surface area contributed by atoms with Gasteiger partial charge in [-0.25, -0.2) is 8.42 Å². The van der Waals surface area contributed by atoms with E-state index in [1.54, 1.807) is 37.3 Å². The summed E-state index contributed by atoms with van der Waals surface area (Å²) in [6.45, 7) is 6.50. The van der Waals surface area contributed by atoms with Crippen LogP contribution in [0.25, 0.3) is 0 Å². The Morgan fingerprint density at radius 3 is 2.19 bits per heavy atom. The number of hydrogen-bond donors (Lipinski definition) is 0. The molecule has 144 valence electrons. The molecule has 0 radical (unpaired) electrons. The molecular weight excluding hydrogens is 364 g/mol. The zero-order valence-electron chi connectivity index (χ0n) is 15.9. The van der Waals surface area contributed by atoms with Crippen LogP contribution >= 0.6 is 0 Å². The number of Topliss-reactive ketones (excluding diaryl/α,β-unsaturated/α-hetero) is 1. The lowest BCUT2D eigenvalue weighted by atomic mass is 9.94. The van der Waals surface area contributed by atoms with Crippen molar-refractivity contribution in [1.82, 2.24) is 0 Å². The Bertz CT molecular complexity index is 929. The van der Waals surface area contributed by atoms with Crippen LogP contribution in [0.5, 0.6) is 0 Å². The minimum atomic E-state index is -3.73. The van der Waals surface area contributed by atoms with E-state index < -0.39 is 33.6 Å². The number of benzene rings is 2. The van der Waals surface area contributed by atoms with E-state index in [0.29, 0.717) is 5.56 Å². The van der Waals surface area contributed by atoms with Crippen molar-refractivity contribution in [2.75, 3.05) is 5.75 Å². The van der Waals surface area contributed by atoms with Gasteiger partial charge in [-0.05, 0) is 39.0 Å². The number of aryl methyl sites for hydroxylation is 2. The highest BCUT2D eigenvalue weighted by Gasteiger charge is 2.33. The molecular formula is C21H24O5S.